The quantitative estimate of drug-likeness (QED) is 0.588. The summed E-state index contributed by atoms with van der Waals surface area (Å²) in [7, 11) is 3.77. The molecule has 2 aliphatic heterocycles. The number of allylic oxidation sites excluding steroid dienone is 1. The Balaban J connectivity index is 0.000000189. The monoisotopic (exact) mass is 239 g/mol. The molecular formula is C9H14N2Y+. The maximum absolute atomic E-state index is 3.77. The molecule has 1 saturated heterocycles. The normalized spacial score (nSPS) is 20.1. The van der Waals surface area contributed by atoms with Gasteiger partial charge in [0.25, 0.3) is 0 Å². The van der Waals surface area contributed by atoms with E-state index in [0.717, 1.165) is 6.42 Å². The molecule has 0 N–H and O–H groups in total. The van der Waals surface area contributed by atoms with Gasteiger partial charge >= 0.3 is 32.7 Å². The summed E-state index contributed by atoms with van der Waals surface area (Å²) >= 11 is 0. The van der Waals surface area contributed by atoms with E-state index >= 15 is 0 Å². The van der Waals surface area contributed by atoms with E-state index in [2.05, 4.69) is 23.2 Å². The number of aliphatic imine (C=N–C) groups is 1. The van der Waals surface area contributed by atoms with Gasteiger partial charge in [-0.25, -0.2) is 0 Å². The molecule has 0 unspecified atom stereocenters. The Morgan fingerprint density at radius 2 is 2.00 bits per heavy atom. The van der Waals surface area contributed by atoms with E-state index in [1.807, 2.05) is 6.08 Å². The van der Waals surface area contributed by atoms with Crippen LogP contribution in [-0.4, -0.2) is 24.2 Å². The molecule has 0 spiro atoms. The average Bonchev–Trinajstić information content (AvgIpc) is 2.57. The van der Waals surface area contributed by atoms with E-state index in [0.29, 0.717) is 0 Å². The van der Waals surface area contributed by atoms with E-state index in [-0.39, 0.29) is 32.7 Å². The van der Waals surface area contributed by atoms with Gasteiger partial charge in [-0.1, -0.05) is 6.42 Å². The molecule has 0 aromatic carbocycles. The second-order valence-corrected chi connectivity index (χ2v) is 2.70. The maximum atomic E-state index is 3.77. The molecule has 2 nitrogen and oxygen atoms in total. The zero-order valence-corrected chi connectivity index (χ0v) is 10.2. The van der Waals surface area contributed by atoms with E-state index < -0.39 is 0 Å². The van der Waals surface area contributed by atoms with Gasteiger partial charge in [0.2, 0.25) is 0 Å². The summed E-state index contributed by atoms with van der Waals surface area (Å²) < 4.78 is 0. The smallest absolute Gasteiger partial charge is 0.463 e. The number of hydrogen-bond acceptors (Lipinski definition) is 2. The van der Waals surface area contributed by atoms with E-state index in [1.54, 1.807) is 6.20 Å². The van der Waals surface area contributed by atoms with Crippen LogP contribution in [0.1, 0.15) is 19.3 Å². The van der Waals surface area contributed by atoms with Crippen molar-refractivity contribution >= 4 is 6.21 Å². The van der Waals surface area contributed by atoms with Gasteiger partial charge in [0.1, 0.15) is 0 Å². The number of rotatable bonds is 0. The van der Waals surface area contributed by atoms with Crippen LogP contribution in [0, 0.1) is 7.05 Å². The van der Waals surface area contributed by atoms with E-state index in [4.69, 9.17) is 0 Å². The van der Waals surface area contributed by atoms with Crippen LogP contribution in [0.5, 0.6) is 0 Å². The fourth-order valence-corrected chi connectivity index (χ4v) is 1.05. The molecule has 62 valence electrons. The molecule has 0 atom stereocenters. The number of hydrogen-bond donors (Lipinski definition) is 0. The molecule has 0 aromatic heterocycles. The van der Waals surface area contributed by atoms with E-state index in [1.165, 1.54) is 25.9 Å². The van der Waals surface area contributed by atoms with Crippen molar-refractivity contribution in [2.75, 3.05) is 13.1 Å². The Labute approximate surface area is 100 Å². The van der Waals surface area contributed by atoms with Crippen molar-refractivity contribution in [2.45, 2.75) is 19.3 Å². The first-order chi connectivity index (χ1) is 5.39. The minimum atomic E-state index is 0. The molecule has 2 rings (SSSR count). The van der Waals surface area contributed by atoms with Crippen LogP contribution in [0.25, 0.3) is 0 Å². The van der Waals surface area contributed by atoms with Gasteiger partial charge < -0.3 is 9.89 Å². The molecule has 0 aromatic rings. The predicted octanol–water partition coefficient (Wildman–Crippen LogP) is 1.72. The second-order valence-electron chi connectivity index (χ2n) is 2.70. The zero-order valence-electron chi connectivity index (χ0n) is 7.37. The Morgan fingerprint density at radius 1 is 1.33 bits per heavy atom. The topological polar surface area (TPSA) is 15.6 Å². The van der Waals surface area contributed by atoms with Crippen LogP contribution in [0.15, 0.2) is 17.3 Å². The van der Waals surface area contributed by atoms with Crippen molar-refractivity contribution in [1.29, 1.82) is 0 Å². The first kappa shape index (κ1) is 12.5. The molecule has 0 saturated carbocycles. The van der Waals surface area contributed by atoms with Gasteiger partial charge in [0, 0.05) is 0 Å². The molecule has 1 fully saturated rings. The Hall–Kier alpha value is 0.474. The summed E-state index contributed by atoms with van der Waals surface area (Å²) in [6.45, 7) is 2.42. The minimum absolute atomic E-state index is 0. The maximum Gasteiger partial charge on any atom is 3.00 e. The first-order valence-corrected chi connectivity index (χ1v) is 4.03. The van der Waals surface area contributed by atoms with Gasteiger partial charge in [0.05, 0.1) is 0 Å². The third-order valence-electron chi connectivity index (χ3n) is 1.68. The van der Waals surface area contributed by atoms with Gasteiger partial charge in [-0.15, -0.1) is 6.20 Å². The predicted molar refractivity (Wildman–Crippen MR) is 47.4 cm³/mol. The van der Waals surface area contributed by atoms with Crippen molar-refractivity contribution in [3.8, 4) is 0 Å². The number of nitrogens with zero attached hydrogens (tertiary/aromatic N) is 2. The molecule has 0 bridgehead atoms. The van der Waals surface area contributed by atoms with Crippen LogP contribution in [0.3, 0.4) is 0 Å². The minimum Gasteiger partial charge on any atom is -0.463 e. The summed E-state index contributed by atoms with van der Waals surface area (Å²) in [6.07, 6.45) is 10.0. The van der Waals surface area contributed by atoms with Crippen molar-refractivity contribution in [2.24, 2.45) is 4.99 Å². The Morgan fingerprint density at radius 3 is 2.17 bits per heavy atom. The Kier molecular flexibility index (Phi) is 8.41. The van der Waals surface area contributed by atoms with Crippen molar-refractivity contribution in [3.05, 3.63) is 19.3 Å². The summed E-state index contributed by atoms with van der Waals surface area (Å²) in [5, 5.41) is 0. The first-order valence-electron chi connectivity index (χ1n) is 4.03. The molecule has 0 amide bonds. The standard InChI is InChI=1S/C5H10N.C4H4N.Y/c1-6-4-2-3-5-6;1-2-4-5-3-1;/h1-5H2;1,3H,2H2;/q2*-1;+3. The van der Waals surface area contributed by atoms with Crippen LogP contribution in [-0.2, 0) is 32.7 Å². The zero-order chi connectivity index (χ0) is 7.94. The molecule has 2 heterocycles. The molecule has 2 aliphatic rings. The van der Waals surface area contributed by atoms with Crippen LogP contribution < -0.4 is 0 Å². The van der Waals surface area contributed by atoms with Gasteiger partial charge in [-0.2, -0.15) is 12.3 Å². The van der Waals surface area contributed by atoms with E-state index in [9.17, 15) is 0 Å². The number of likely N-dealkylation sites (tertiary alicyclic amines) is 1. The van der Waals surface area contributed by atoms with Gasteiger partial charge in [0.15, 0.2) is 0 Å². The third kappa shape index (κ3) is 6.04. The van der Waals surface area contributed by atoms with Crippen molar-refractivity contribution in [3.63, 3.8) is 0 Å². The van der Waals surface area contributed by atoms with Crippen molar-refractivity contribution < 1.29 is 32.7 Å². The Bertz CT molecular complexity index is 139. The van der Waals surface area contributed by atoms with Crippen molar-refractivity contribution in [1.82, 2.24) is 4.90 Å². The molecular weight excluding hydrogens is 225 g/mol. The fraction of sp³-hybridized carbons (Fsp3) is 0.556. The largest absolute Gasteiger partial charge is 3.00 e. The van der Waals surface area contributed by atoms with Crippen LogP contribution >= 0.6 is 0 Å². The molecule has 0 aliphatic carbocycles. The van der Waals surface area contributed by atoms with Gasteiger partial charge in [-0.05, 0) is 25.9 Å². The molecule has 12 heavy (non-hydrogen) atoms. The average molecular weight is 239 g/mol. The summed E-state index contributed by atoms with van der Waals surface area (Å²) in [5.74, 6) is 0. The van der Waals surface area contributed by atoms with Crippen LogP contribution in [0.2, 0.25) is 0 Å². The SMILES string of the molecule is [C-]1=NC=CC1.[CH2-]N1CCCC1.[Y+3]. The third-order valence-corrected chi connectivity index (χ3v) is 1.68. The fourth-order valence-electron chi connectivity index (χ4n) is 1.05. The summed E-state index contributed by atoms with van der Waals surface area (Å²) in [5.41, 5.74) is 0. The summed E-state index contributed by atoms with van der Waals surface area (Å²) in [6, 6.07) is 0. The van der Waals surface area contributed by atoms with Crippen LogP contribution in [0.4, 0.5) is 0 Å². The molecule has 0 radical (unpaired) electrons. The second kappa shape index (κ2) is 8.09. The summed E-state index contributed by atoms with van der Waals surface area (Å²) in [4.78, 5) is 5.76. The van der Waals surface area contributed by atoms with Gasteiger partial charge in [-0.3, -0.25) is 7.05 Å². The molecule has 3 heteroatoms.